The van der Waals surface area contributed by atoms with Crippen molar-refractivity contribution >= 4 is 29.2 Å². The van der Waals surface area contributed by atoms with Crippen LogP contribution in [-0.4, -0.2) is 23.1 Å². The molecule has 126 valence electrons. The Kier molecular flexibility index (Phi) is 5.46. The summed E-state index contributed by atoms with van der Waals surface area (Å²) in [7, 11) is 0. The highest BCUT2D eigenvalue weighted by molar-refractivity contribution is 6.31. The molecule has 2 aromatic rings. The van der Waals surface area contributed by atoms with Crippen molar-refractivity contribution in [2.45, 2.75) is 26.9 Å². The summed E-state index contributed by atoms with van der Waals surface area (Å²) in [5, 5.41) is 12.9. The number of benzene rings is 2. The summed E-state index contributed by atoms with van der Waals surface area (Å²) in [4.78, 5) is 24.3. The van der Waals surface area contributed by atoms with Gasteiger partial charge in [-0.25, -0.2) is 4.79 Å². The standard InChI is InChI=1S/C18H18ClNO4/c1-10-7-8-16(21)13(9-10)18(23)24-12(3)17(22)20-15-6-4-5-14(19)11(15)2/h4-9,12,21H,1-3H3,(H,20,22)/t12-/m1/s1. The van der Waals surface area contributed by atoms with E-state index >= 15 is 0 Å². The number of phenolic OH excluding ortho intramolecular Hbond substituents is 1. The van der Waals surface area contributed by atoms with Crippen LogP contribution in [-0.2, 0) is 9.53 Å². The Labute approximate surface area is 145 Å². The third kappa shape index (κ3) is 4.06. The van der Waals surface area contributed by atoms with Gasteiger partial charge in [0.2, 0.25) is 0 Å². The number of halogens is 1. The van der Waals surface area contributed by atoms with Crippen LogP contribution in [0, 0.1) is 13.8 Å². The zero-order valence-corrected chi connectivity index (χ0v) is 14.3. The molecular formula is C18H18ClNO4. The van der Waals surface area contributed by atoms with E-state index in [1.54, 1.807) is 38.1 Å². The van der Waals surface area contributed by atoms with Gasteiger partial charge in [0.15, 0.2) is 6.10 Å². The maximum Gasteiger partial charge on any atom is 0.342 e. The van der Waals surface area contributed by atoms with E-state index in [0.29, 0.717) is 10.7 Å². The third-order valence-electron chi connectivity index (χ3n) is 3.55. The molecule has 0 saturated carbocycles. The van der Waals surface area contributed by atoms with Crippen molar-refractivity contribution in [1.29, 1.82) is 0 Å². The smallest absolute Gasteiger partial charge is 0.342 e. The lowest BCUT2D eigenvalue weighted by molar-refractivity contribution is -0.123. The number of hydrogen-bond donors (Lipinski definition) is 2. The first-order chi connectivity index (χ1) is 11.3. The van der Waals surface area contributed by atoms with Crippen molar-refractivity contribution < 1.29 is 19.4 Å². The molecule has 0 unspecified atom stereocenters. The van der Waals surface area contributed by atoms with E-state index in [9.17, 15) is 14.7 Å². The number of aryl methyl sites for hydroxylation is 1. The van der Waals surface area contributed by atoms with E-state index in [0.717, 1.165) is 11.1 Å². The van der Waals surface area contributed by atoms with Crippen LogP contribution in [0.25, 0.3) is 0 Å². The van der Waals surface area contributed by atoms with E-state index in [2.05, 4.69) is 5.32 Å². The third-order valence-corrected chi connectivity index (χ3v) is 3.96. The number of carbonyl (C=O) groups is 2. The molecule has 0 spiro atoms. The molecule has 0 saturated heterocycles. The fourth-order valence-electron chi connectivity index (χ4n) is 2.07. The first-order valence-electron chi connectivity index (χ1n) is 7.36. The summed E-state index contributed by atoms with van der Waals surface area (Å²) in [5.74, 6) is -1.44. The van der Waals surface area contributed by atoms with Crippen LogP contribution in [0.4, 0.5) is 5.69 Å². The van der Waals surface area contributed by atoms with E-state index in [-0.39, 0.29) is 11.3 Å². The van der Waals surface area contributed by atoms with E-state index in [4.69, 9.17) is 16.3 Å². The molecule has 0 aliphatic rings. The predicted molar refractivity (Wildman–Crippen MR) is 92.5 cm³/mol. The number of carbonyl (C=O) groups excluding carboxylic acids is 2. The number of esters is 1. The molecule has 2 aromatic carbocycles. The number of nitrogens with one attached hydrogen (secondary N) is 1. The number of rotatable bonds is 4. The largest absolute Gasteiger partial charge is 0.507 e. The highest BCUT2D eigenvalue weighted by atomic mass is 35.5. The molecule has 24 heavy (non-hydrogen) atoms. The predicted octanol–water partition coefficient (Wildman–Crippen LogP) is 3.85. The summed E-state index contributed by atoms with van der Waals surface area (Å²) in [6.07, 6.45) is -1.03. The van der Waals surface area contributed by atoms with Crippen molar-refractivity contribution in [1.82, 2.24) is 0 Å². The van der Waals surface area contributed by atoms with Crippen molar-refractivity contribution in [2.24, 2.45) is 0 Å². The fraction of sp³-hybridized carbons (Fsp3) is 0.222. The second-order valence-corrected chi connectivity index (χ2v) is 5.88. The van der Waals surface area contributed by atoms with Crippen LogP contribution in [0.5, 0.6) is 5.75 Å². The summed E-state index contributed by atoms with van der Waals surface area (Å²) in [6.45, 7) is 5.02. The highest BCUT2D eigenvalue weighted by Crippen LogP contribution is 2.23. The minimum atomic E-state index is -1.03. The molecule has 0 heterocycles. The number of amides is 1. The van der Waals surface area contributed by atoms with Crippen LogP contribution in [0.1, 0.15) is 28.4 Å². The lowest BCUT2D eigenvalue weighted by Gasteiger charge is -2.15. The van der Waals surface area contributed by atoms with Crippen LogP contribution in [0.2, 0.25) is 5.02 Å². The molecular weight excluding hydrogens is 330 g/mol. The molecule has 0 radical (unpaired) electrons. The van der Waals surface area contributed by atoms with Crippen LogP contribution in [0.3, 0.4) is 0 Å². The SMILES string of the molecule is Cc1ccc(O)c(C(=O)O[C@H](C)C(=O)Nc2cccc(Cl)c2C)c1. The van der Waals surface area contributed by atoms with Crippen LogP contribution < -0.4 is 5.32 Å². The van der Waals surface area contributed by atoms with Gasteiger partial charge in [-0.2, -0.15) is 0 Å². The Balaban J connectivity index is 2.07. The molecule has 6 heteroatoms. The zero-order valence-electron chi connectivity index (χ0n) is 13.6. The van der Waals surface area contributed by atoms with Gasteiger partial charge in [0.25, 0.3) is 5.91 Å². The number of aromatic hydroxyl groups is 1. The van der Waals surface area contributed by atoms with E-state index in [1.807, 2.05) is 0 Å². The Hall–Kier alpha value is -2.53. The number of phenols is 1. The Morgan fingerprint density at radius 2 is 1.92 bits per heavy atom. The van der Waals surface area contributed by atoms with Gasteiger partial charge in [0, 0.05) is 10.7 Å². The van der Waals surface area contributed by atoms with Crippen molar-refractivity contribution in [3.63, 3.8) is 0 Å². The number of hydrogen-bond acceptors (Lipinski definition) is 4. The molecule has 2 rings (SSSR count). The lowest BCUT2D eigenvalue weighted by Crippen LogP contribution is -2.30. The van der Waals surface area contributed by atoms with Gasteiger partial charge < -0.3 is 15.2 Å². The van der Waals surface area contributed by atoms with Gasteiger partial charge in [-0.05, 0) is 50.6 Å². The van der Waals surface area contributed by atoms with Crippen LogP contribution >= 0.6 is 11.6 Å². The average molecular weight is 348 g/mol. The zero-order chi connectivity index (χ0) is 17.9. The molecule has 0 aliphatic carbocycles. The summed E-state index contributed by atoms with van der Waals surface area (Å²) in [6, 6.07) is 9.72. The van der Waals surface area contributed by atoms with E-state index < -0.39 is 18.0 Å². The number of ether oxygens (including phenoxy) is 1. The quantitative estimate of drug-likeness (QED) is 0.824. The second kappa shape index (κ2) is 7.36. The molecule has 0 bridgehead atoms. The van der Waals surface area contributed by atoms with E-state index in [1.165, 1.54) is 19.1 Å². The van der Waals surface area contributed by atoms with Crippen LogP contribution in [0.15, 0.2) is 36.4 Å². The maximum absolute atomic E-state index is 12.2. The second-order valence-electron chi connectivity index (χ2n) is 5.47. The highest BCUT2D eigenvalue weighted by Gasteiger charge is 2.21. The van der Waals surface area contributed by atoms with Gasteiger partial charge in [-0.15, -0.1) is 0 Å². The molecule has 0 aromatic heterocycles. The average Bonchev–Trinajstić information content (AvgIpc) is 2.53. The molecule has 5 nitrogen and oxygen atoms in total. The normalized spacial score (nSPS) is 11.7. The van der Waals surface area contributed by atoms with Crippen molar-refractivity contribution in [3.05, 3.63) is 58.1 Å². The van der Waals surface area contributed by atoms with Gasteiger partial charge in [-0.1, -0.05) is 29.3 Å². The Bertz CT molecular complexity index is 789. The monoisotopic (exact) mass is 347 g/mol. The molecule has 0 fully saturated rings. The molecule has 1 atom stereocenters. The van der Waals surface area contributed by atoms with Crippen molar-refractivity contribution in [3.8, 4) is 5.75 Å². The Morgan fingerprint density at radius 1 is 1.21 bits per heavy atom. The van der Waals surface area contributed by atoms with Gasteiger partial charge in [-0.3, -0.25) is 4.79 Å². The number of anilines is 1. The molecule has 0 aliphatic heterocycles. The van der Waals surface area contributed by atoms with Gasteiger partial charge in [0.05, 0.1) is 0 Å². The topological polar surface area (TPSA) is 75.6 Å². The van der Waals surface area contributed by atoms with Gasteiger partial charge in [0.1, 0.15) is 11.3 Å². The lowest BCUT2D eigenvalue weighted by atomic mass is 10.1. The first kappa shape index (κ1) is 17.8. The fourth-order valence-corrected chi connectivity index (χ4v) is 2.24. The minimum absolute atomic E-state index is 0.0218. The minimum Gasteiger partial charge on any atom is -0.507 e. The summed E-state index contributed by atoms with van der Waals surface area (Å²) in [5.41, 5.74) is 2.09. The maximum atomic E-state index is 12.2. The summed E-state index contributed by atoms with van der Waals surface area (Å²) < 4.78 is 5.13. The summed E-state index contributed by atoms with van der Waals surface area (Å²) >= 11 is 6.01. The van der Waals surface area contributed by atoms with Gasteiger partial charge >= 0.3 is 5.97 Å². The Morgan fingerprint density at radius 3 is 2.62 bits per heavy atom. The first-order valence-corrected chi connectivity index (χ1v) is 7.74. The molecule has 2 N–H and O–H groups in total. The van der Waals surface area contributed by atoms with Crippen molar-refractivity contribution in [2.75, 3.05) is 5.32 Å². The molecule has 1 amide bonds.